The van der Waals surface area contributed by atoms with Crippen LogP contribution in [0.2, 0.25) is 0 Å². The first-order valence-corrected chi connectivity index (χ1v) is 11.3. The first-order valence-electron chi connectivity index (χ1n) is 11.3. The summed E-state index contributed by atoms with van der Waals surface area (Å²) in [6.45, 7) is 5.51. The molecule has 7 nitrogen and oxygen atoms in total. The van der Waals surface area contributed by atoms with Gasteiger partial charge < -0.3 is 19.9 Å². The van der Waals surface area contributed by atoms with Crippen LogP contribution in [0.4, 0.5) is 15.9 Å². The average Bonchev–Trinajstić information content (AvgIpc) is 3.22. The number of ether oxygens (including phenoxy) is 1. The number of fused-ring (bicyclic) bond motifs is 1. The van der Waals surface area contributed by atoms with Crippen LogP contribution < -0.4 is 15.0 Å². The molecule has 0 unspecified atom stereocenters. The van der Waals surface area contributed by atoms with E-state index in [4.69, 9.17) is 4.74 Å². The summed E-state index contributed by atoms with van der Waals surface area (Å²) in [5.41, 5.74) is 2.10. The van der Waals surface area contributed by atoms with Gasteiger partial charge in [-0.1, -0.05) is 13.0 Å². The maximum absolute atomic E-state index is 13.2. The molecule has 1 fully saturated rings. The summed E-state index contributed by atoms with van der Waals surface area (Å²) in [5.74, 6) is 1.67. The van der Waals surface area contributed by atoms with Crippen molar-refractivity contribution in [2.24, 2.45) is 5.41 Å². The highest BCUT2D eigenvalue weighted by Gasteiger charge is 2.37. The van der Waals surface area contributed by atoms with Gasteiger partial charge in [0, 0.05) is 31.0 Å². The van der Waals surface area contributed by atoms with Gasteiger partial charge >= 0.3 is 0 Å². The SMILES string of the molecule is Cc1c[nH]c2ncnc(N3CCC(C)(C(=O)Nc4cccc(Oc5ccc(F)cc5)c4)CC3)c12. The van der Waals surface area contributed by atoms with Crippen molar-refractivity contribution in [2.75, 3.05) is 23.3 Å². The van der Waals surface area contributed by atoms with Crippen LogP contribution in [0.1, 0.15) is 25.3 Å². The molecule has 1 aliphatic rings. The van der Waals surface area contributed by atoms with E-state index in [9.17, 15) is 9.18 Å². The fraction of sp³-hybridized carbons (Fsp3) is 0.269. The molecular weight excluding hydrogens is 433 g/mol. The molecule has 0 spiro atoms. The van der Waals surface area contributed by atoms with Crippen molar-refractivity contribution in [3.8, 4) is 11.5 Å². The predicted molar refractivity (Wildman–Crippen MR) is 130 cm³/mol. The second-order valence-corrected chi connectivity index (χ2v) is 8.98. The summed E-state index contributed by atoms with van der Waals surface area (Å²) in [6, 6.07) is 13.0. The molecule has 174 valence electrons. The number of nitrogens with one attached hydrogen (secondary N) is 2. The van der Waals surface area contributed by atoms with Crippen LogP contribution in [-0.4, -0.2) is 33.9 Å². The molecule has 3 heterocycles. The van der Waals surface area contributed by atoms with Crippen molar-refractivity contribution in [1.82, 2.24) is 15.0 Å². The summed E-state index contributed by atoms with van der Waals surface area (Å²) < 4.78 is 18.9. The van der Waals surface area contributed by atoms with Gasteiger partial charge in [-0.3, -0.25) is 4.79 Å². The maximum Gasteiger partial charge on any atom is 0.230 e. The molecule has 2 aromatic carbocycles. The third-order valence-electron chi connectivity index (χ3n) is 6.50. The number of halogens is 1. The number of anilines is 2. The first kappa shape index (κ1) is 21.9. The molecular formula is C26H26FN5O2. The average molecular weight is 460 g/mol. The maximum atomic E-state index is 13.2. The normalized spacial score (nSPS) is 15.3. The van der Waals surface area contributed by atoms with Gasteiger partial charge in [-0.2, -0.15) is 0 Å². The molecule has 8 heteroatoms. The van der Waals surface area contributed by atoms with E-state index in [2.05, 4.69) is 25.2 Å². The highest BCUT2D eigenvalue weighted by atomic mass is 19.1. The lowest BCUT2D eigenvalue weighted by Crippen LogP contribution is -2.45. The Hall–Kier alpha value is -3.94. The van der Waals surface area contributed by atoms with E-state index in [1.807, 2.05) is 32.2 Å². The second-order valence-electron chi connectivity index (χ2n) is 8.98. The van der Waals surface area contributed by atoms with E-state index >= 15 is 0 Å². The Morgan fingerprint density at radius 1 is 1.12 bits per heavy atom. The van der Waals surface area contributed by atoms with E-state index in [1.165, 1.54) is 12.1 Å². The Balaban J connectivity index is 1.25. The summed E-state index contributed by atoms with van der Waals surface area (Å²) >= 11 is 0. The second kappa shape index (κ2) is 8.78. The highest BCUT2D eigenvalue weighted by Crippen LogP contribution is 2.36. The van der Waals surface area contributed by atoms with E-state index in [0.29, 0.717) is 30.0 Å². The lowest BCUT2D eigenvalue weighted by Gasteiger charge is -2.39. The van der Waals surface area contributed by atoms with Gasteiger partial charge in [-0.25, -0.2) is 14.4 Å². The zero-order chi connectivity index (χ0) is 23.7. The largest absolute Gasteiger partial charge is 0.457 e. The lowest BCUT2D eigenvalue weighted by molar-refractivity contribution is -0.125. The van der Waals surface area contributed by atoms with Gasteiger partial charge in [0.05, 0.1) is 10.8 Å². The van der Waals surface area contributed by atoms with Crippen molar-refractivity contribution in [3.63, 3.8) is 0 Å². The number of carbonyl (C=O) groups excluding carboxylic acids is 1. The minimum Gasteiger partial charge on any atom is -0.457 e. The van der Waals surface area contributed by atoms with Crippen molar-refractivity contribution in [3.05, 3.63) is 72.4 Å². The highest BCUT2D eigenvalue weighted by molar-refractivity contribution is 5.96. The number of H-pyrrole nitrogens is 1. The molecule has 1 saturated heterocycles. The monoisotopic (exact) mass is 459 g/mol. The molecule has 2 N–H and O–H groups in total. The van der Waals surface area contributed by atoms with Gasteiger partial charge in [0.1, 0.15) is 35.1 Å². The molecule has 1 amide bonds. The fourth-order valence-corrected chi connectivity index (χ4v) is 4.33. The van der Waals surface area contributed by atoms with Crippen LogP contribution >= 0.6 is 0 Å². The number of aromatic nitrogens is 3. The van der Waals surface area contributed by atoms with Gasteiger partial charge in [0.2, 0.25) is 5.91 Å². The van der Waals surface area contributed by atoms with E-state index in [0.717, 1.165) is 35.5 Å². The third kappa shape index (κ3) is 4.31. The molecule has 4 aromatic rings. The van der Waals surface area contributed by atoms with Crippen LogP contribution in [0.15, 0.2) is 61.1 Å². The Labute approximate surface area is 197 Å². The number of carbonyl (C=O) groups is 1. The number of nitrogens with zero attached hydrogens (tertiary/aromatic N) is 3. The van der Waals surface area contributed by atoms with E-state index in [-0.39, 0.29) is 11.7 Å². The Morgan fingerprint density at radius 2 is 1.88 bits per heavy atom. The molecule has 0 radical (unpaired) electrons. The standard InChI is InChI=1S/C26H26FN5O2/c1-17-15-28-23-22(17)24(30-16-29-23)32-12-10-26(2,11-13-32)25(33)31-19-4-3-5-21(14-19)34-20-8-6-18(27)7-9-20/h3-9,14-16H,10-13H2,1-2H3,(H,31,33)(H,28,29,30). The van der Waals surface area contributed by atoms with Crippen LogP contribution in [0.5, 0.6) is 11.5 Å². The number of amides is 1. The zero-order valence-electron chi connectivity index (χ0n) is 19.1. The van der Waals surface area contributed by atoms with Gasteiger partial charge in [-0.05, 0) is 61.7 Å². The summed E-state index contributed by atoms with van der Waals surface area (Å²) in [5, 5.41) is 4.08. The Kier molecular flexibility index (Phi) is 5.65. The minimum absolute atomic E-state index is 0.0169. The molecule has 2 aromatic heterocycles. The number of aromatic amines is 1. The zero-order valence-corrected chi connectivity index (χ0v) is 19.1. The van der Waals surface area contributed by atoms with Crippen molar-refractivity contribution in [2.45, 2.75) is 26.7 Å². The summed E-state index contributed by atoms with van der Waals surface area (Å²) in [6.07, 6.45) is 4.94. The minimum atomic E-state index is -0.496. The summed E-state index contributed by atoms with van der Waals surface area (Å²) in [7, 11) is 0. The van der Waals surface area contributed by atoms with Gasteiger partial charge in [-0.15, -0.1) is 0 Å². The fourth-order valence-electron chi connectivity index (χ4n) is 4.33. The van der Waals surface area contributed by atoms with Crippen LogP contribution in [0.3, 0.4) is 0 Å². The van der Waals surface area contributed by atoms with Crippen molar-refractivity contribution >= 4 is 28.4 Å². The van der Waals surface area contributed by atoms with Gasteiger partial charge in [0.25, 0.3) is 0 Å². The molecule has 5 rings (SSSR count). The summed E-state index contributed by atoms with van der Waals surface area (Å²) in [4.78, 5) is 27.5. The molecule has 34 heavy (non-hydrogen) atoms. The molecule has 1 aliphatic heterocycles. The van der Waals surface area contributed by atoms with Crippen molar-refractivity contribution in [1.29, 1.82) is 0 Å². The molecule has 0 bridgehead atoms. The third-order valence-corrected chi connectivity index (χ3v) is 6.50. The number of aryl methyl sites for hydroxylation is 1. The smallest absolute Gasteiger partial charge is 0.230 e. The number of hydrogen-bond acceptors (Lipinski definition) is 5. The first-order chi connectivity index (χ1) is 16.4. The number of benzene rings is 2. The number of rotatable bonds is 5. The Morgan fingerprint density at radius 3 is 2.65 bits per heavy atom. The molecule has 0 aliphatic carbocycles. The predicted octanol–water partition coefficient (Wildman–Crippen LogP) is 5.44. The molecule has 0 atom stereocenters. The number of piperidine rings is 1. The topological polar surface area (TPSA) is 83.1 Å². The van der Waals surface area contributed by atoms with Crippen LogP contribution in [0.25, 0.3) is 11.0 Å². The van der Waals surface area contributed by atoms with E-state index in [1.54, 1.807) is 30.6 Å². The number of hydrogen-bond donors (Lipinski definition) is 2. The quantitative estimate of drug-likeness (QED) is 0.415. The lowest BCUT2D eigenvalue weighted by atomic mass is 9.79. The van der Waals surface area contributed by atoms with E-state index < -0.39 is 5.41 Å². The van der Waals surface area contributed by atoms with Crippen LogP contribution in [0, 0.1) is 18.2 Å². The van der Waals surface area contributed by atoms with Crippen molar-refractivity contribution < 1.29 is 13.9 Å². The van der Waals surface area contributed by atoms with Crippen LogP contribution in [-0.2, 0) is 4.79 Å². The van der Waals surface area contributed by atoms with Gasteiger partial charge in [0.15, 0.2) is 0 Å². The molecule has 0 saturated carbocycles. The Bertz CT molecular complexity index is 1330.